The maximum Gasteiger partial charge on any atom is 0.320 e. The van der Waals surface area contributed by atoms with Gasteiger partial charge in [-0.25, -0.2) is 0 Å². The van der Waals surface area contributed by atoms with E-state index in [1.165, 1.54) is 11.8 Å². The smallest absolute Gasteiger partial charge is 0.320 e. The Morgan fingerprint density at radius 3 is 2.39 bits per heavy atom. The number of halogens is 1. The number of hydrogen-bond acceptors (Lipinski definition) is 2. The number of rotatable bonds is 4. The van der Waals surface area contributed by atoms with E-state index in [4.69, 9.17) is 11.6 Å². The number of carbonyl (C=O) groups is 1. The van der Waals surface area contributed by atoms with Gasteiger partial charge in [0.15, 0.2) is 0 Å². The zero-order chi connectivity index (χ0) is 13.3. The molecule has 4 heteroatoms. The molecule has 1 N–H and O–H groups in total. The van der Waals surface area contributed by atoms with Gasteiger partial charge in [0.05, 0.1) is 0 Å². The Bertz CT molecular complexity index is 436. The van der Waals surface area contributed by atoms with E-state index >= 15 is 0 Å². The highest BCUT2D eigenvalue weighted by molar-refractivity contribution is 8.01. The number of aliphatic carboxylic acids is 1. The van der Waals surface area contributed by atoms with Crippen molar-refractivity contribution in [3.8, 4) is 0 Å². The fourth-order valence-electron chi connectivity index (χ4n) is 2.29. The van der Waals surface area contributed by atoms with E-state index in [0.29, 0.717) is 16.9 Å². The van der Waals surface area contributed by atoms with Crippen LogP contribution < -0.4 is 0 Å². The molecule has 1 aromatic rings. The van der Waals surface area contributed by atoms with Crippen LogP contribution in [0.15, 0.2) is 29.2 Å². The highest BCUT2D eigenvalue weighted by atomic mass is 35.5. The van der Waals surface area contributed by atoms with Crippen LogP contribution in [0.4, 0.5) is 0 Å². The standard InChI is InChI=1S/C14H17ClO2S/c1-9(2)10-7-14(8-10,13(16)17)18-12-5-3-11(15)4-6-12/h3-6,9-10H,7-8H2,1-2H3,(H,16,17). The summed E-state index contributed by atoms with van der Waals surface area (Å²) < 4.78 is -0.636. The summed E-state index contributed by atoms with van der Waals surface area (Å²) in [5, 5.41) is 10.1. The van der Waals surface area contributed by atoms with Crippen molar-refractivity contribution in [3.05, 3.63) is 29.3 Å². The van der Waals surface area contributed by atoms with E-state index < -0.39 is 10.7 Å². The molecule has 0 bridgehead atoms. The van der Waals surface area contributed by atoms with Crippen molar-refractivity contribution < 1.29 is 9.90 Å². The highest BCUT2D eigenvalue weighted by Gasteiger charge is 2.51. The number of hydrogen-bond donors (Lipinski definition) is 1. The van der Waals surface area contributed by atoms with Crippen molar-refractivity contribution >= 4 is 29.3 Å². The van der Waals surface area contributed by atoms with E-state index in [1.807, 2.05) is 12.1 Å². The van der Waals surface area contributed by atoms with Crippen molar-refractivity contribution in [2.75, 3.05) is 0 Å². The number of benzene rings is 1. The van der Waals surface area contributed by atoms with Gasteiger partial charge in [-0.2, -0.15) is 0 Å². The molecule has 0 radical (unpaired) electrons. The van der Waals surface area contributed by atoms with Crippen LogP contribution in [0.3, 0.4) is 0 Å². The average molecular weight is 285 g/mol. The summed E-state index contributed by atoms with van der Waals surface area (Å²) in [6.45, 7) is 4.31. The normalized spacial score (nSPS) is 27.0. The van der Waals surface area contributed by atoms with Gasteiger partial charge in [0.25, 0.3) is 0 Å². The first-order valence-electron chi connectivity index (χ1n) is 6.11. The second-order valence-corrected chi connectivity index (χ2v) is 7.16. The Morgan fingerprint density at radius 2 is 1.94 bits per heavy atom. The molecule has 1 saturated carbocycles. The van der Waals surface area contributed by atoms with E-state index in [-0.39, 0.29) is 0 Å². The molecule has 0 atom stereocenters. The Morgan fingerprint density at radius 1 is 1.39 bits per heavy atom. The minimum Gasteiger partial charge on any atom is -0.480 e. The SMILES string of the molecule is CC(C)C1CC(Sc2ccc(Cl)cc2)(C(=O)O)C1. The van der Waals surface area contributed by atoms with Crippen LogP contribution in [0.2, 0.25) is 5.02 Å². The number of carboxylic acids is 1. The molecular weight excluding hydrogens is 268 g/mol. The van der Waals surface area contributed by atoms with Crippen LogP contribution >= 0.6 is 23.4 Å². The average Bonchev–Trinajstić information content (AvgIpc) is 2.24. The maximum atomic E-state index is 11.5. The number of carboxylic acid groups (broad SMARTS) is 1. The molecule has 0 amide bonds. The lowest BCUT2D eigenvalue weighted by molar-refractivity contribution is -0.144. The van der Waals surface area contributed by atoms with Crippen molar-refractivity contribution in [2.45, 2.75) is 36.3 Å². The third-order valence-corrected chi connectivity index (χ3v) is 5.30. The fourth-order valence-corrected chi connectivity index (χ4v) is 3.82. The first-order valence-corrected chi connectivity index (χ1v) is 7.30. The molecule has 0 aromatic heterocycles. The van der Waals surface area contributed by atoms with Gasteiger partial charge in [-0.1, -0.05) is 25.4 Å². The molecule has 2 nitrogen and oxygen atoms in total. The molecule has 0 unspecified atom stereocenters. The highest BCUT2D eigenvalue weighted by Crippen LogP contribution is 2.53. The molecule has 1 fully saturated rings. The molecule has 0 saturated heterocycles. The van der Waals surface area contributed by atoms with Gasteiger partial charge in [-0.05, 0) is 48.9 Å². The molecule has 0 heterocycles. The van der Waals surface area contributed by atoms with Crippen LogP contribution in [0.1, 0.15) is 26.7 Å². The summed E-state index contributed by atoms with van der Waals surface area (Å²) in [5.41, 5.74) is 0. The van der Waals surface area contributed by atoms with Crippen molar-refractivity contribution in [1.82, 2.24) is 0 Å². The summed E-state index contributed by atoms with van der Waals surface area (Å²) in [4.78, 5) is 12.5. The predicted molar refractivity (Wildman–Crippen MR) is 75.2 cm³/mol. The largest absolute Gasteiger partial charge is 0.480 e. The molecule has 0 aliphatic heterocycles. The van der Waals surface area contributed by atoms with Gasteiger partial charge in [0.2, 0.25) is 0 Å². The lowest BCUT2D eigenvalue weighted by Crippen LogP contribution is -2.49. The Labute approximate surface area is 117 Å². The summed E-state index contributed by atoms with van der Waals surface area (Å²) >= 11 is 7.29. The van der Waals surface area contributed by atoms with E-state index in [0.717, 1.165) is 17.7 Å². The van der Waals surface area contributed by atoms with Gasteiger partial charge in [0, 0.05) is 9.92 Å². The topological polar surface area (TPSA) is 37.3 Å². The van der Waals surface area contributed by atoms with Gasteiger partial charge >= 0.3 is 5.97 Å². The van der Waals surface area contributed by atoms with E-state index in [1.54, 1.807) is 12.1 Å². The summed E-state index contributed by atoms with van der Waals surface area (Å²) in [6, 6.07) is 7.39. The molecule has 18 heavy (non-hydrogen) atoms. The van der Waals surface area contributed by atoms with Crippen LogP contribution in [0.25, 0.3) is 0 Å². The van der Waals surface area contributed by atoms with Crippen molar-refractivity contribution in [3.63, 3.8) is 0 Å². The number of thioether (sulfide) groups is 1. The van der Waals surface area contributed by atoms with Gasteiger partial charge in [-0.15, -0.1) is 11.8 Å². The first-order chi connectivity index (χ1) is 8.43. The fraction of sp³-hybridized carbons (Fsp3) is 0.500. The molecule has 0 spiro atoms. The lowest BCUT2D eigenvalue weighted by atomic mass is 9.69. The minimum absolute atomic E-state index is 0.529. The summed E-state index contributed by atoms with van der Waals surface area (Å²) in [6.07, 6.45) is 1.51. The quantitative estimate of drug-likeness (QED) is 0.894. The van der Waals surface area contributed by atoms with Gasteiger partial charge < -0.3 is 5.11 Å². The summed E-state index contributed by atoms with van der Waals surface area (Å²) in [7, 11) is 0. The predicted octanol–water partition coefficient (Wildman–Crippen LogP) is 4.32. The Hall–Kier alpha value is -0.670. The maximum absolute atomic E-state index is 11.5. The lowest BCUT2D eigenvalue weighted by Gasteiger charge is -2.45. The monoisotopic (exact) mass is 284 g/mol. The van der Waals surface area contributed by atoms with Crippen LogP contribution in [-0.4, -0.2) is 15.8 Å². The third kappa shape index (κ3) is 2.67. The van der Waals surface area contributed by atoms with Gasteiger partial charge in [-0.3, -0.25) is 4.79 Å². The molecular formula is C14H17ClO2S. The van der Waals surface area contributed by atoms with E-state index in [9.17, 15) is 9.90 Å². The van der Waals surface area contributed by atoms with E-state index in [2.05, 4.69) is 13.8 Å². The zero-order valence-corrected chi connectivity index (χ0v) is 12.1. The Kier molecular flexibility index (Phi) is 3.93. The molecule has 1 aliphatic rings. The summed E-state index contributed by atoms with van der Waals surface area (Å²) in [5.74, 6) is 0.392. The third-order valence-electron chi connectivity index (χ3n) is 3.64. The van der Waals surface area contributed by atoms with Crippen molar-refractivity contribution in [1.29, 1.82) is 0 Å². The first kappa shape index (κ1) is 13.8. The van der Waals surface area contributed by atoms with Gasteiger partial charge in [0.1, 0.15) is 4.75 Å². The van der Waals surface area contributed by atoms with Crippen LogP contribution in [-0.2, 0) is 4.79 Å². The second-order valence-electron chi connectivity index (χ2n) is 5.27. The molecule has 1 aromatic carbocycles. The minimum atomic E-state index is -0.695. The van der Waals surface area contributed by atoms with Crippen LogP contribution in [0.5, 0.6) is 0 Å². The second kappa shape index (κ2) is 5.14. The molecule has 2 rings (SSSR count). The zero-order valence-electron chi connectivity index (χ0n) is 10.5. The molecule has 1 aliphatic carbocycles. The van der Waals surface area contributed by atoms with Crippen molar-refractivity contribution in [2.24, 2.45) is 11.8 Å². The van der Waals surface area contributed by atoms with Crippen LogP contribution in [0, 0.1) is 11.8 Å². The molecule has 98 valence electrons. The Balaban J connectivity index is 2.09.